The van der Waals surface area contributed by atoms with Gasteiger partial charge in [0.25, 0.3) is 0 Å². The van der Waals surface area contributed by atoms with Crippen LogP contribution < -0.4 is 16.8 Å². The first-order valence-electron chi connectivity index (χ1n) is 7.51. The molecule has 1 unspecified atom stereocenters. The summed E-state index contributed by atoms with van der Waals surface area (Å²) in [4.78, 5) is 46.2. The van der Waals surface area contributed by atoms with E-state index < -0.39 is 48.1 Å². The fraction of sp³-hybridized carbons (Fsp3) is 0.375. The number of carboxylic acid groups (broad SMARTS) is 2. The number of carbonyl (C=O) groups is 4. The first-order chi connectivity index (χ1) is 11.6. The number of ketones is 1. The molecule has 0 saturated carbocycles. The third-order valence-corrected chi connectivity index (χ3v) is 3.68. The van der Waals surface area contributed by atoms with E-state index in [-0.39, 0.29) is 17.7 Å². The van der Waals surface area contributed by atoms with Crippen LogP contribution in [0.5, 0.6) is 0 Å². The lowest BCUT2D eigenvalue weighted by Crippen LogP contribution is -2.51. The van der Waals surface area contributed by atoms with Crippen LogP contribution in [0.15, 0.2) is 24.3 Å². The molecule has 3 atom stereocenters. The van der Waals surface area contributed by atoms with E-state index in [2.05, 4.69) is 5.32 Å². The van der Waals surface area contributed by atoms with Crippen LogP contribution in [0.1, 0.15) is 30.1 Å². The van der Waals surface area contributed by atoms with E-state index in [0.717, 1.165) is 0 Å². The minimum atomic E-state index is -1.50. The van der Waals surface area contributed by atoms with Crippen molar-refractivity contribution in [3.8, 4) is 0 Å². The van der Waals surface area contributed by atoms with Crippen molar-refractivity contribution in [2.75, 3.05) is 5.73 Å². The van der Waals surface area contributed by atoms with Gasteiger partial charge in [-0.05, 0) is 18.1 Å². The Morgan fingerprint density at radius 2 is 1.72 bits per heavy atom. The van der Waals surface area contributed by atoms with Crippen LogP contribution in [0, 0.1) is 5.92 Å². The number of hydrogen-bond donors (Lipinski definition) is 5. The molecule has 136 valence electrons. The molecule has 0 heterocycles. The normalized spacial score (nSPS) is 14.2. The topological polar surface area (TPSA) is 173 Å². The van der Waals surface area contributed by atoms with Gasteiger partial charge in [-0.1, -0.05) is 19.1 Å². The molecule has 1 aromatic carbocycles. The second-order valence-electron chi connectivity index (χ2n) is 5.71. The lowest BCUT2D eigenvalue weighted by Gasteiger charge is -2.21. The van der Waals surface area contributed by atoms with E-state index in [1.807, 2.05) is 0 Å². The maximum atomic E-state index is 12.2. The second kappa shape index (κ2) is 8.78. The summed E-state index contributed by atoms with van der Waals surface area (Å²) in [6, 6.07) is 3.47. The Morgan fingerprint density at radius 1 is 1.12 bits per heavy atom. The Morgan fingerprint density at radius 3 is 2.24 bits per heavy atom. The number of Topliss-reactive ketones (excluding diaryl/α,β-unsaturated/α-hetero) is 1. The molecule has 0 fully saturated rings. The van der Waals surface area contributed by atoms with Crippen LogP contribution in [0.3, 0.4) is 0 Å². The van der Waals surface area contributed by atoms with E-state index in [4.69, 9.17) is 16.6 Å². The average Bonchev–Trinajstić information content (AvgIpc) is 2.52. The monoisotopic (exact) mass is 351 g/mol. The number of hydrogen-bond acceptors (Lipinski definition) is 6. The van der Waals surface area contributed by atoms with E-state index in [1.54, 1.807) is 12.1 Å². The van der Waals surface area contributed by atoms with Gasteiger partial charge >= 0.3 is 11.9 Å². The van der Waals surface area contributed by atoms with Gasteiger partial charge < -0.3 is 27.0 Å². The highest BCUT2D eigenvalue weighted by Gasteiger charge is 2.29. The van der Waals surface area contributed by atoms with Gasteiger partial charge in [-0.15, -0.1) is 0 Å². The number of carboxylic acids is 2. The number of carbonyl (C=O) groups excluding carboxylic acids is 2. The lowest BCUT2D eigenvalue weighted by atomic mass is 9.97. The summed E-state index contributed by atoms with van der Waals surface area (Å²) in [5.74, 6) is -4.62. The molecule has 1 rings (SSSR count). The zero-order valence-corrected chi connectivity index (χ0v) is 13.6. The summed E-state index contributed by atoms with van der Waals surface area (Å²) in [5.41, 5.74) is 11.7. The molecule has 0 radical (unpaired) electrons. The molecule has 0 aromatic heterocycles. The van der Waals surface area contributed by atoms with Gasteiger partial charge in [0.1, 0.15) is 6.04 Å². The zero-order valence-electron chi connectivity index (χ0n) is 13.6. The summed E-state index contributed by atoms with van der Waals surface area (Å²) in [5, 5.41) is 20.1. The van der Waals surface area contributed by atoms with Gasteiger partial charge in [0, 0.05) is 24.1 Å². The minimum Gasteiger partial charge on any atom is -0.481 e. The first-order valence-corrected chi connectivity index (χ1v) is 7.51. The molecule has 1 amide bonds. The minimum absolute atomic E-state index is 0.159. The average molecular weight is 351 g/mol. The van der Waals surface area contributed by atoms with Crippen molar-refractivity contribution in [2.45, 2.75) is 31.8 Å². The van der Waals surface area contributed by atoms with Crippen LogP contribution in [0.4, 0.5) is 5.69 Å². The predicted molar refractivity (Wildman–Crippen MR) is 88.8 cm³/mol. The summed E-state index contributed by atoms with van der Waals surface area (Å²) >= 11 is 0. The number of rotatable bonds is 9. The summed E-state index contributed by atoms with van der Waals surface area (Å²) < 4.78 is 0. The van der Waals surface area contributed by atoms with Gasteiger partial charge in [-0.2, -0.15) is 0 Å². The Bertz CT molecular complexity index is 676. The summed E-state index contributed by atoms with van der Waals surface area (Å²) in [6.45, 7) is 1.46. The smallest absolute Gasteiger partial charge is 0.326 e. The Labute approximate surface area is 144 Å². The molecule has 0 bridgehead atoms. The van der Waals surface area contributed by atoms with Crippen LogP contribution in [-0.4, -0.2) is 45.9 Å². The van der Waals surface area contributed by atoms with E-state index >= 15 is 0 Å². The molecular formula is C16H21N3O6. The summed E-state index contributed by atoms with van der Waals surface area (Å²) in [6.07, 6.45) is -0.846. The van der Waals surface area contributed by atoms with Crippen LogP contribution in [-0.2, 0) is 14.4 Å². The molecule has 0 aliphatic carbocycles. The van der Waals surface area contributed by atoms with Crippen molar-refractivity contribution in [3.63, 3.8) is 0 Å². The van der Waals surface area contributed by atoms with E-state index in [1.165, 1.54) is 19.1 Å². The molecule has 9 nitrogen and oxygen atoms in total. The number of nitrogen functional groups attached to an aromatic ring is 1. The standard InChI is InChI=1S/C16H21N3O6/c1-8(6-13(21)22)14(18)15(23)19-11(16(24)25)7-12(20)9-4-2-3-5-10(9)17/h2-5,8,11,14H,6-7,17-18H2,1H3,(H,19,23)(H,21,22)(H,24,25)/t8?,11-,14-/m0/s1. The Balaban J connectivity index is 2.79. The highest BCUT2D eigenvalue weighted by Crippen LogP contribution is 2.14. The molecule has 1 aromatic rings. The molecule has 0 spiro atoms. The molecule has 0 saturated heterocycles. The van der Waals surface area contributed by atoms with Gasteiger partial charge in [-0.3, -0.25) is 14.4 Å². The number of nitrogens with one attached hydrogen (secondary N) is 1. The second-order valence-corrected chi connectivity index (χ2v) is 5.71. The molecule has 0 aliphatic rings. The van der Waals surface area contributed by atoms with Crippen molar-refractivity contribution >= 4 is 29.3 Å². The largest absolute Gasteiger partial charge is 0.481 e. The maximum Gasteiger partial charge on any atom is 0.326 e. The first kappa shape index (κ1) is 20.1. The zero-order chi connectivity index (χ0) is 19.1. The van der Waals surface area contributed by atoms with Gasteiger partial charge in [0.15, 0.2) is 5.78 Å². The van der Waals surface area contributed by atoms with Gasteiger partial charge in [0.2, 0.25) is 5.91 Å². The predicted octanol–water partition coefficient (Wildman–Crippen LogP) is -0.151. The number of amides is 1. The van der Waals surface area contributed by atoms with Crippen molar-refractivity contribution in [1.82, 2.24) is 5.32 Å². The third-order valence-electron chi connectivity index (χ3n) is 3.68. The lowest BCUT2D eigenvalue weighted by molar-refractivity contribution is -0.142. The van der Waals surface area contributed by atoms with Crippen LogP contribution in [0.25, 0.3) is 0 Å². The number of benzene rings is 1. The number of anilines is 1. The SMILES string of the molecule is CC(CC(=O)O)[C@H](N)C(=O)N[C@@H](CC(=O)c1ccccc1N)C(=O)O. The fourth-order valence-electron chi connectivity index (χ4n) is 2.18. The van der Waals surface area contributed by atoms with Crippen molar-refractivity contribution in [3.05, 3.63) is 29.8 Å². The van der Waals surface area contributed by atoms with Crippen molar-refractivity contribution in [2.24, 2.45) is 11.7 Å². The molecule has 7 N–H and O–H groups in total. The van der Waals surface area contributed by atoms with Gasteiger partial charge in [-0.25, -0.2) is 4.79 Å². The van der Waals surface area contributed by atoms with E-state index in [0.29, 0.717) is 0 Å². The number of aliphatic carboxylic acids is 2. The van der Waals surface area contributed by atoms with Crippen LogP contribution >= 0.6 is 0 Å². The van der Waals surface area contributed by atoms with E-state index in [9.17, 15) is 24.3 Å². The Hall–Kier alpha value is -2.94. The van der Waals surface area contributed by atoms with Crippen LogP contribution in [0.2, 0.25) is 0 Å². The molecule has 0 aliphatic heterocycles. The highest BCUT2D eigenvalue weighted by atomic mass is 16.4. The fourth-order valence-corrected chi connectivity index (χ4v) is 2.18. The maximum absolute atomic E-state index is 12.2. The Kier molecular flexibility index (Phi) is 7.06. The number of nitrogens with two attached hydrogens (primary N) is 2. The quantitative estimate of drug-likeness (QED) is 0.301. The third kappa shape index (κ3) is 5.88. The highest BCUT2D eigenvalue weighted by molar-refractivity contribution is 6.03. The molecular weight excluding hydrogens is 330 g/mol. The van der Waals surface area contributed by atoms with Crippen molar-refractivity contribution < 1.29 is 29.4 Å². The molecule has 25 heavy (non-hydrogen) atoms. The molecule has 9 heteroatoms. The number of para-hydroxylation sites is 1. The summed E-state index contributed by atoms with van der Waals surface area (Å²) in [7, 11) is 0. The van der Waals surface area contributed by atoms with Gasteiger partial charge in [0.05, 0.1) is 6.04 Å². The van der Waals surface area contributed by atoms with Crippen molar-refractivity contribution in [1.29, 1.82) is 0 Å².